The molecule has 7 heteroatoms. The van der Waals surface area contributed by atoms with Crippen molar-refractivity contribution in [1.82, 2.24) is 14.8 Å². The first-order chi connectivity index (χ1) is 10.6. The molecular formula is C15H11ClFN3O2. The number of methoxy groups -OCH3 is 1. The Bertz CT molecular complexity index is 851. The molecule has 0 amide bonds. The SMILES string of the molecule is COc1ccc(-n2nc(-c3c(F)cccc3Cl)[nH]c2=O)cc1. The molecule has 3 rings (SSSR count). The summed E-state index contributed by atoms with van der Waals surface area (Å²) in [5.74, 6) is 0.178. The molecule has 0 aliphatic rings. The molecule has 1 N–H and O–H groups in total. The summed E-state index contributed by atoms with van der Waals surface area (Å²) >= 11 is 5.98. The van der Waals surface area contributed by atoms with Crippen molar-refractivity contribution in [2.24, 2.45) is 0 Å². The maximum absolute atomic E-state index is 13.9. The number of rotatable bonds is 3. The van der Waals surface area contributed by atoms with Crippen molar-refractivity contribution in [3.8, 4) is 22.8 Å². The highest BCUT2D eigenvalue weighted by Gasteiger charge is 2.15. The Morgan fingerprint density at radius 2 is 1.95 bits per heavy atom. The molecule has 0 spiro atoms. The number of H-pyrrole nitrogens is 1. The van der Waals surface area contributed by atoms with Crippen LogP contribution in [0.2, 0.25) is 5.02 Å². The Kier molecular flexibility index (Phi) is 3.68. The van der Waals surface area contributed by atoms with Crippen LogP contribution in [0.25, 0.3) is 17.1 Å². The number of hydrogen-bond donors (Lipinski definition) is 1. The van der Waals surface area contributed by atoms with Gasteiger partial charge in [-0.1, -0.05) is 17.7 Å². The van der Waals surface area contributed by atoms with Gasteiger partial charge in [0.15, 0.2) is 5.82 Å². The van der Waals surface area contributed by atoms with Gasteiger partial charge in [-0.2, -0.15) is 4.68 Å². The monoisotopic (exact) mass is 319 g/mol. The zero-order valence-corrected chi connectivity index (χ0v) is 12.3. The summed E-state index contributed by atoms with van der Waals surface area (Å²) in [5.41, 5.74) is 0.105. The molecule has 2 aromatic carbocycles. The van der Waals surface area contributed by atoms with E-state index in [9.17, 15) is 9.18 Å². The van der Waals surface area contributed by atoms with Gasteiger partial charge in [-0.15, -0.1) is 5.10 Å². The lowest BCUT2D eigenvalue weighted by Gasteiger charge is -2.03. The third-order valence-corrected chi connectivity index (χ3v) is 3.45. The molecule has 0 bridgehead atoms. The Balaban J connectivity index is 2.09. The van der Waals surface area contributed by atoms with E-state index < -0.39 is 11.5 Å². The van der Waals surface area contributed by atoms with E-state index in [1.54, 1.807) is 31.4 Å². The molecule has 3 aromatic rings. The second kappa shape index (κ2) is 5.65. The largest absolute Gasteiger partial charge is 0.497 e. The molecule has 0 unspecified atom stereocenters. The molecular weight excluding hydrogens is 309 g/mol. The summed E-state index contributed by atoms with van der Waals surface area (Å²) in [5, 5.41) is 4.29. The molecule has 0 saturated heterocycles. The number of nitrogens with one attached hydrogen (secondary N) is 1. The predicted octanol–water partition coefficient (Wildman–Crippen LogP) is 3.03. The molecule has 5 nitrogen and oxygen atoms in total. The second-order valence-electron chi connectivity index (χ2n) is 4.49. The molecule has 0 atom stereocenters. The standard InChI is InChI=1S/C15H11ClFN3O2/c1-22-10-7-5-9(6-8-10)20-15(21)18-14(19-20)13-11(16)3-2-4-12(13)17/h2-8H,1H3,(H,18,19,21). The van der Waals surface area contributed by atoms with Crippen molar-refractivity contribution < 1.29 is 9.13 Å². The number of benzene rings is 2. The molecule has 0 radical (unpaired) electrons. The average Bonchev–Trinajstić information content (AvgIpc) is 2.89. The normalized spacial score (nSPS) is 10.7. The van der Waals surface area contributed by atoms with Crippen molar-refractivity contribution in [2.75, 3.05) is 7.11 Å². The van der Waals surface area contributed by atoms with Gasteiger partial charge >= 0.3 is 5.69 Å². The first-order valence-electron chi connectivity index (χ1n) is 6.38. The van der Waals surface area contributed by atoms with E-state index in [0.717, 1.165) is 4.68 Å². The highest BCUT2D eigenvalue weighted by Crippen LogP contribution is 2.27. The Labute approximate surface area is 129 Å². The Morgan fingerprint density at radius 1 is 1.23 bits per heavy atom. The van der Waals surface area contributed by atoms with E-state index in [1.807, 2.05) is 0 Å². The van der Waals surface area contributed by atoms with Crippen LogP contribution < -0.4 is 10.4 Å². The molecule has 0 aliphatic heterocycles. The van der Waals surface area contributed by atoms with Crippen molar-refractivity contribution in [1.29, 1.82) is 0 Å². The fraction of sp³-hybridized carbons (Fsp3) is 0.0667. The molecule has 0 fully saturated rings. The van der Waals surface area contributed by atoms with E-state index in [0.29, 0.717) is 11.4 Å². The molecule has 1 aromatic heterocycles. The van der Waals surface area contributed by atoms with Crippen LogP contribution in [-0.2, 0) is 0 Å². The average molecular weight is 320 g/mol. The third kappa shape index (κ3) is 2.48. The van der Waals surface area contributed by atoms with Gasteiger partial charge in [0, 0.05) is 0 Å². The van der Waals surface area contributed by atoms with Crippen LogP contribution in [0.15, 0.2) is 47.3 Å². The maximum Gasteiger partial charge on any atom is 0.348 e. The van der Waals surface area contributed by atoms with Gasteiger partial charge in [0.25, 0.3) is 0 Å². The number of aromatic amines is 1. The van der Waals surface area contributed by atoms with E-state index in [-0.39, 0.29) is 16.4 Å². The van der Waals surface area contributed by atoms with E-state index in [2.05, 4.69) is 10.1 Å². The van der Waals surface area contributed by atoms with Gasteiger partial charge in [-0.3, -0.25) is 4.98 Å². The van der Waals surface area contributed by atoms with Crippen LogP contribution in [-0.4, -0.2) is 21.9 Å². The fourth-order valence-corrected chi connectivity index (χ4v) is 2.31. The van der Waals surface area contributed by atoms with Gasteiger partial charge in [-0.25, -0.2) is 9.18 Å². The maximum atomic E-state index is 13.9. The van der Waals surface area contributed by atoms with Gasteiger partial charge in [0.2, 0.25) is 0 Å². The van der Waals surface area contributed by atoms with Crippen LogP contribution in [0.5, 0.6) is 5.75 Å². The number of ether oxygens (including phenoxy) is 1. The topological polar surface area (TPSA) is 59.9 Å². The summed E-state index contributed by atoms with van der Waals surface area (Å²) in [6, 6.07) is 11.0. The number of hydrogen-bond acceptors (Lipinski definition) is 3. The highest BCUT2D eigenvalue weighted by molar-refractivity contribution is 6.33. The fourth-order valence-electron chi connectivity index (χ4n) is 2.06. The lowest BCUT2D eigenvalue weighted by Crippen LogP contribution is -2.15. The predicted molar refractivity (Wildman–Crippen MR) is 81.1 cm³/mol. The Morgan fingerprint density at radius 3 is 2.59 bits per heavy atom. The second-order valence-corrected chi connectivity index (χ2v) is 4.89. The lowest BCUT2D eigenvalue weighted by molar-refractivity contribution is 0.414. The quantitative estimate of drug-likeness (QED) is 0.807. The first-order valence-corrected chi connectivity index (χ1v) is 6.76. The van der Waals surface area contributed by atoms with Gasteiger partial charge in [-0.05, 0) is 36.4 Å². The van der Waals surface area contributed by atoms with Crippen molar-refractivity contribution in [3.63, 3.8) is 0 Å². The third-order valence-electron chi connectivity index (χ3n) is 3.13. The zero-order valence-electron chi connectivity index (χ0n) is 11.5. The number of nitrogens with zero attached hydrogens (tertiary/aromatic N) is 2. The summed E-state index contributed by atoms with van der Waals surface area (Å²) < 4.78 is 20.1. The smallest absolute Gasteiger partial charge is 0.348 e. The molecule has 22 heavy (non-hydrogen) atoms. The van der Waals surface area contributed by atoms with Gasteiger partial charge < -0.3 is 4.74 Å². The number of aromatic nitrogens is 3. The molecule has 0 aliphatic carbocycles. The van der Waals surface area contributed by atoms with Gasteiger partial charge in [0.1, 0.15) is 11.6 Å². The van der Waals surface area contributed by atoms with Crippen LogP contribution in [0, 0.1) is 5.82 Å². The summed E-state index contributed by atoms with van der Waals surface area (Å²) in [6.45, 7) is 0. The van der Waals surface area contributed by atoms with Crippen LogP contribution in [0.1, 0.15) is 0 Å². The molecule has 1 heterocycles. The van der Waals surface area contributed by atoms with Gasteiger partial charge in [0.05, 0.1) is 23.4 Å². The molecule has 112 valence electrons. The minimum atomic E-state index is -0.553. The van der Waals surface area contributed by atoms with E-state index >= 15 is 0 Å². The van der Waals surface area contributed by atoms with Crippen molar-refractivity contribution in [2.45, 2.75) is 0 Å². The first kappa shape index (κ1) is 14.3. The van der Waals surface area contributed by atoms with Crippen molar-refractivity contribution in [3.05, 3.63) is 63.8 Å². The zero-order chi connectivity index (χ0) is 15.7. The van der Waals surface area contributed by atoms with Crippen LogP contribution in [0.3, 0.4) is 0 Å². The minimum Gasteiger partial charge on any atom is -0.497 e. The van der Waals surface area contributed by atoms with E-state index in [1.165, 1.54) is 18.2 Å². The summed E-state index contributed by atoms with van der Waals surface area (Å²) in [7, 11) is 1.55. The number of halogens is 2. The Hall–Kier alpha value is -2.60. The lowest BCUT2D eigenvalue weighted by atomic mass is 10.2. The van der Waals surface area contributed by atoms with Crippen LogP contribution in [0.4, 0.5) is 4.39 Å². The minimum absolute atomic E-state index is 0.0635. The van der Waals surface area contributed by atoms with E-state index in [4.69, 9.17) is 16.3 Å². The molecule has 0 saturated carbocycles. The highest BCUT2D eigenvalue weighted by atomic mass is 35.5. The van der Waals surface area contributed by atoms with Crippen molar-refractivity contribution >= 4 is 11.6 Å². The summed E-state index contributed by atoms with van der Waals surface area (Å²) in [4.78, 5) is 14.5. The van der Waals surface area contributed by atoms with Crippen LogP contribution >= 0.6 is 11.6 Å². The summed E-state index contributed by atoms with van der Waals surface area (Å²) in [6.07, 6.45) is 0.